The van der Waals surface area contributed by atoms with Gasteiger partial charge in [0.2, 0.25) is 0 Å². The third-order valence-corrected chi connectivity index (χ3v) is 2.89. The second kappa shape index (κ2) is 6.38. The molecule has 0 aliphatic heterocycles. The van der Waals surface area contributed by atoms with Gasteiger partial charge in [-0.3, -0.25) is 0 Å². The number of benzene rings is 1. The molecule has 2 atom stereocenters. The molecule has 0 amide bonds. The minimum absolute atomic E-state index is 0. The summed E-state index contributed by atoms with van der Waals surface area (Å²) < 4.78 is 50.6. The Morgan fingerprint density at radius 3 is 2.22 bits per heavy atom. The zero-order valence-electron chi connectivity index (χ0n) is 10.1. The first kappa shape index (κ1) is 17.2. The monoisotopic (exact) mass is 285 g/mol. The molecular formula is C12H16ClF4N. The molecule has 0 saturated heterocycles. The van der Waals surface area contributed by atoms with Gasteiger partial charge in [0, 0.05) is 6.04 Å². The van der Waals surface area contributed by atoms with Crippen molar-refractivity contribution in [1.82, 2.24) is 0 Å². The highest BCUT2D eigenvalue weighted by Gasteiger charge is 2.32. The van der Waals surface area contributed by atoms with Crippen LogP contribution in [0.5, 0.6) is 0 Å². The average molecular weight is 286 g/mol. The molecule has 0 aliphatic rings. The van der Waals surface area contributed by atoms with Gasteiger partial charge in [-0.1, -0.05) is 20.3 Å². The van der Waals surface area contributed by atoms with Crippen LogP contribution in [-0.2, 0) is 6.18 Å². The summed E-state index contributed by atoms with van der Waals surface area (Å²) in [7, 11) is 0. The Labute approximate surface area is 110 Å². The van der Waals surface area contributed by atoms with Crippen LogP contribution in [0.15, 0.2) is 18.2 Å². The van der Waals surface area contributed by atoms with Crippen LogP contribution in [0.2, 0.25) is 0 Å². The lowest BCUT2D eigenvalue weighted by Gasteiger charge is -2.20. The van der Waals surface area contributed by atoms with Crippen molar-refractivity contribution in [3.05, 3.63) is 35.1 Å². The summed E-state index contributed by atoms with van der Waals surface area (Å²) in [5.41, 5.74) is 4.99. The smallest absolute Gasteiger partial charge is 0.324 e. The molecule has 1 rings (SSSR count). The molecule has 18 heavy (non-hydrogen) atoms. The van der Waals surface area contributed by atoms with E-state index in [2.05, 4.69) is 0 Å². The first-order chi connectivity index (χ1) is 7.75. The molecule has 0 aromatic heterocycles. The van der Waals surface area contributed by atoms with Crippen molar-refractivity contribution >= 4 is 12.4 Å². The predicted molar refractivity (Wildman–Crippen MR) is 65.0 cm³/mol. The van der Waals surface area contributed by atoms with Crippen LogP contribution in [0.4, 0.5) is 17.6 Å². The maximum atomic E-state index is 13.1. The number of hydrogen-bond donors (Lipinski definition) is 1. The van der Waals surface area contributed by atoms with E-state index >= 15 is 0 Å². The Bertz CT molecular complexity index is 392. The predicted octanol–water partition coefficient (Wildman–Crippen LogP) is 4.31. The zero-order chi connectivity index (χ0) is 13.2. The van der Waals surface area contributed by atoms with E-state index in [4.69, 9.17) is 5.73 Å². The quantitative estimate of drug-likeness (QED) is 0.823. The fourth-order valence-corrected chi connectivity index (χ4v) is 1.55. The van der Waals surface area contributed by atoms with Gasteiger partial charge in [0.15, 0.2) is 0 Å². The molecule has 2 N–H and O–H groups in total. The topological polar surface area (TPSA) is 26.0 Å². The summed E-state index contributed by atoms with van der Waals surface area (Å²) in [6, 6.07) is 1.87. The molecule has 104 valence electrons. The summed E-state index contributed by atoms with van der Waals surface area (Å²) in [4.78, 5) is 0. The third kappa shape index (κ3) is 4.14. The van der Waals surface area contributed by atoms with E-state index in [-0.39, 0.29) is 23.9 Å². The van der Waals surface area contributed by atoms with E-state index in [1.165, 1.54) is 0 Å². The van der Waals surface area contributed by atoms with E-state index < -0.39 is 23.6 Å². The second-order valence-electron chi connectivity index (χ2n) is 4.18. The standard InChI is InChI=1S/C12H15F4N.ClH/c1-3-7(2)11(17)8-4-9(12(14,15)16)6-10(13)5-8;/h4-7,11H,3,17H2,1-2H3;1H/t7?,11-;/m0./s1. The molecule has 1 aromatic carbocycles. The summed E-state index contributed by atoms with van der Waals surface area (Å²) in [6.07, 6.45) is -3.83. The maximum absolute atomic E-state index is 13.1. The van der Waals surface area contributed by atoms with Crippen molar-refractivity contribution in [2.24, 2.45) is 11.7 Å². The van der Waals surface area contributed by atoms with Crippen LogP contribution < -0.4 is 5.73 Å². The number of rotatable bonds is 3. The van der Waals surface area contributed by atoms with Crippen LogP contribution in [0.3, 0.4) is 0 Å². The average Bonchev–Trinajstić information content (AvgIpc) is 2.25. The van der Waals surface area contributed by atoms with Crippen molar-refractivity contribution in [2.75, 3.05) is 0 Å². The number of hydrogen-bond acceptors (Lipinski definition) is 1. The number of halogens is 5. The second-order valence-corrected chi connectivity index (χ2v) is 4.18. The molecule has 1 aromatic rings. The van der Waals surface area contributed by atoms with Crippen molar-refractivity contribution in [3.63, 3.8) is 0 Å². The minimum Gasteiger partial charge on any atom is -0.324 e. The minimum atomic E-state index is -4.55. The van der Waals surface area contributed by atoms with Gasteiger partial charge in [-0.2, -0.15) is 13.2 Å². The molecule has 6 heteroatoms. The lowest BCUT2D eigenvalue weighted by molar-refractivity contribution is -0.137. The summed E-state index contributed by atoms with van der Waals surface area (Å²) in [6.45, 7) is 3.71. The Hall–Kier alpha value is -0.810. The highest BCUT2D eigenvalue weighted by atomic mass is 35.5. The Morgan fingerprint density at radius 2 is 1.78 bits per heavy atom. The molecule has 0 aliphatic carbocycles. The number of nitrogens with two attached hydrogens (primary N) is 1. The normalized spacial score (nSPS) is 14.8. The van der Waals surface area contributed by atoms with Gasteiger partial charge in [0.25, 0.3) is 0 Å². The Morgan fingerprint density at radius 1 is 1.22 bits per heavy atom. The summed E-state index contributed by atoms with van der Waals surface area (Å²) >= 11 is 0. The highest BCUT2D eigenvalue weighted by Crippen LogP contribution is 2.32. The van der Waals surface area contributed by atoms with Gasteiger partial charge in [0.1, 0.15) is 5.82 Å². The molecule has 0 spiro atoms. The van der Waals surface area contributed by atoms with Crippen LogP contribution in [0, 0.1) is 11.7 Å². The van der Waals surface area contributed by atoms with Crippen molar-refractivity contribution in [3.8, 4) is 0 Å². The first-order valence-electron chi connectivity index (χ1n) is 5.39. The molecular weight excluding hydrogens is 270 g/mol. The third-order valence-electron chi connectivity index (χ3n) is 2.89. The summed E-state index contributed by atoms with van der Waals surface area (Å²) in [5, 5.41) is 0. The largest absolute Gasteiger partial charge is 0.416 e. The van der Waals surface area contributed by atoms with E-state index in [9.17, 15) is 17.6 Å². The molecule has 0 fully saturated rings. The maximum Gasteiger partial charge on any atom is 0.416 e. The van der Waals surface area contributed by atoms with Gasteiger partial charge < -0.3 is 5.73 Å². The van der Waals surface area contributed by atoms with Gasteiger partial charge in [0.05, 0.1) is 5.56 Å². The Kier molecular flexibility index (Phi) is 6.10. The molecule has 0 radical (unpaired) electrons. The van der Waals surface area contributed by atoms with E-state index in [0.717, 1.165) is 18.6 Å². The van der Waals surface area contributed by atoms with Crippen LogP contribution in [-0.4, -0.2) is 0 Å². The molecule has 0 heterocycles. The van der Waals surface area contributed by atoms with Crippen LogP contribution in [0.1, 0.15) is 37.4 Å². The first-order valence-corrected chi connectivity index (χ1v) is 5.39. The fraction of sp³-hybridized carbons (Fsp3) is 0.500. The lowest BCUT2D eigenvalue weighted by atomic mass is 9.92. The zero-order valence-corrected chi connectivity index (χ0v) is 10.9. The van der Waals surface area contributed by atoms with E-state index in [1.807, 2.05) is 13.8 Å². The highest BCUT2D eigenvalue weighted by molar-refractivity contribution is 5.85. The molecule has 0 bridgehead atoms. The molecule has 1 nitrogen and oxygen atoms in total. The van der Waals surface area contributed by atoms with Gasteiger partial charge in [-0.05, 0) is 29.7 Å². The van der Waals surface area contributed by atoms with Crippen LogP contribution >= 0.6 is 12.4 Å². The number of alkyl halides is 3. The molecule has 1 unspecified atom stereocenters. The summed E-state index contributed by atoms with van der Waals surface area (Å²) in [5.74, 6) is -0.911. The molecule has 0 saturated carbocycles. The van der Waals surface area contributed by atoms with E-state index in [1.54, 1.807) is 0 Å². The van der Waals surface area contributed by atoms with E-state index in [0.29, 0.717) is 6.07 Å². The van der Waals surface area contributed by atoms with Gasteiger partial charge >= 0.3 is 6.18 Å². The lowest BCUT2D eigenvalue weighted by Crippen LogP contribution is -2.19. The van der Waals surface area contributed by atoms with Crippen molar-refractivity contribution < 1.29 is 17.6 Å². The fourth-order valence-electron chi connectivity index (χ4n) is 1.55. The Balaban J connectivity index is 0.00000289. The van der Waals surface area contributed by atoms with Gasteiger partial charge in [-0.15, -0.1) is 12.4 Å². The van der Waals surface area contributed by atoms with Gasteiger partial charge in [-0.25, -0.2) is 4.39 Å². The van der Waals surface area contributed by atoms with Crippen molar-refractivity contribution in [2.45, 2.75) is 32.5 Å². The van der Waals surface area contributed by atoms with Crippen molar-refractivity contribution in [1.29, 1.82) is 0 Å². The van der Waals surface area contributed by atoms with Crippen LogP contribution in [0.25, 0.3) is 0 Å². The SMILES string of the molecule is CCC(C)[C@H](N)c1cc(F)cc(C(F)(F)F)c1.Cl.